The van der Waals surface area contributed by atoms with Crippen LogP contribution < -0.4 is 5.32 Å². The molecule has 0 heterocycles. The largest absolute Gasteiger partial charge is 0.471 e. The van der Waals surface area contributed by atoms with Gasteiger partial charge in [0.1, 0.15) is 0 Å². The van der Waals surface area contributed by atoms with Crippen LogP contribution in [0.5, 0.6) is 0 Å². The van der Waals surface area contributed by atoms with Crippen molar-refractivity contribution in [2.45, 2.75) is 148 Å². The van der Waals surface area contributed by atoms with Gasteiger partial charge in [0.15, 0.2) is 0 Å². The number of amides is 1. The normalized spacial score (nSPS) is 13.8. The monoisotopic (exact) mass is 579 g/mol. The SMILES string of the molecule is CCCCCCCCCCCCCCCCOCCOCCCCCCC[C@H](COP(=O)(O)OC)NC(C)=O. The first-order valence-corrected chi connectivity index (χ1v) is 17.4. The van der Waals surface area contributed by atoms with Crippen molar-refractivity contribution in [3.63, 3.8) is 0 Å². The molecule has 0 saturated carbocycles. The van der Waals surface area contributed by atoms with Gasteiger partial charge in [0.2, 0.25) is 5.91 Å². The van der Waals surface area contributed by atoms with Crippen molar-refractivity contribution in [1.82, 2.24) is 5.32 Å². The molecule has 0 aromatic heterocycles. The molecule has 0 radical (unpaired) electrons. The van der Waals surface area contributed by atoms with E-state index in [4.69, 9.17) is 14.0 Å². The van der Waals surface area contributed by atoms with Crippen LogP contribution in [0, 0.1) is 0 Å². The Morgan fingerprint density at radius 2 is 1.10 bits per heavy atom. The van der Waals surface area contributed by atoms with E-state index in [1.54, 1.807) is 0 Å². The summed E-state index contributed by atoms with van der Waals surface area (Å²) in [5.41, 5.74) is 0. The summed E-state index contributed by atoms with van der Waals surface area (Å²) >= 11 is 0. The van der Waals surface area contributed by atoms with Gasteiger partial charge in [0.25, 0.3) is 0 Å². The Bertz CT molecular complexity index is 580. The Hall–Kier alpha value is -0.500. The summed E-state index contributed by atoms with van der Waals surface area (Å²) in [6, 6.07) is -0.300. The highest BCUT2D eigenvalue weighted by atomic mass is 31.2. The van der Waals surface area contributed by atoms with Gasteiger partial charge in [0, 0.05) is 27.2 Å². The average Bonchev–Trinajstić information content (AvgIpc) is 2.91. The molecule has 0 spiro atoms. The Balaban J connectivity index is 3.34. The van der Waals surface area contributed by atoms with Crippen molar-refractivity contribution in [2.75, 3.05) is 40.1 Å². The number of phosphoric acid groups is 1. The van der Waals surface area contributed by atoms with Crippen LogP contribution in [0.2, 0.25) is 0 Å². The number of nitrogens with one attached hydrogen (secondary N) is 1. The van der Waals surface area contributed by atoms with Gasteiger partial charge >= 0.3 is 7.82 Å². The van der Waals surface area contributed by atoms with Crippen LogP contribution in [0.1, 0.15) is 142 Å². The van der Waals surface area contributed by atoms with Crippen LogP contribution >= 0.6 is 7.82 Å². The number of rotatable bonds is 31. The van der Waals surface area contributed by atoms with E-state index in [2.05, 4.69) is 16.8 Å². The summed E-state index contributed by atoms with van der Waals surface area (Å²) < 4.78 is 32.1. The lowest BCUT2D eigenvalue weighted by atomic mass is 10.0. The Morgan fingerprint density at radius 1 is 0.692 bits per heavy atom. The van der Waals surface area contributed by atoms with E-state index in [0.29, 0.717) is 19.6 Å². The molecule has 0 aromatic carbocycles. The number of carbonyl (C=O) groups is 1. The number of unbranched alkanes of at least 4 members (excludes halogenated alkanes) is 17. The number of carbonyl (C=O) groups excluding carboxylic acids is 1. The molecular weight excluding hydrogens is 517 g/mol. The molecule has 0 saturated heterocycles. The maximum Gasteiger partial charge on any atom is 0.471 e. The lowest BCUT2D eigenvalue weighted by Crippen LogP contribution is -2.36. The zero-order chi connectivity index (χ0) is 28.9. The fraction of sp³-hybridized carbons (Fsp3) is 0.967. The fourth-order valence-electron chi connectivity index (χ4n) is 4.57. The number of hydrogen-bond acceptors (Lipinski definition) is 6. The molecule has 0 rings (SSSR count). The van der Waals surface area contributed by atoms with Crippen LogP contribution in [0.15, 0.2) is 0 Å². The molecule has 8 nitrogen and oxygen atoms in total. The van der Waals surface area contributed by atoms with Gasteiger partial charge in [-0.05, 0) is 19.3 Å². The smallest absolute Gasteiger partial charge is 0.379 e. The first-order valence-electron chi connectivity index (χ1n) is 15.9. The molecule has 0 aromatic rings. The third-order valence-electron chi connectivity index (χ3n) is 6.93. The number of ether oxygens (including phenoxy) is 2. The number of hydrogen-bond donors (Lipinski definition) is 2. The van der Waals surface area contributed by atoms with Crippen molar-refractivity contribution in [3.05, 3.63) is 0 Å². The Kier molecular flexibility index (Phi) is 28.6. The van der Waals surface area contributed by atoms with Crippen molar-refractivity contribution < 1.29 is 32.8 Å². The van der Waals surface area contributed by atoms with Gasteiger partial charge < -0.3 is 19.7 Å². The van der Waals surface area contributed by atoms with Crippen LogP contribution in [0.4, 0.5) is 0 Å². The molecule has 0 aliphatic rings. The highest BCUT2D eigenvalue weighted by molar-refractivity contribution is 7.47. The zero-order valence-corrected chi connectivity index (χ0v) is 26.5. The molecule has 2 atom stereocenters. The molecule has 0 aliphatic carbocycles. The summed E-state index contributed by atoms with van der Waals surface area (Å²) in [7, 11) is -2.91. The van der Waals surface area contributed by atoms with Crippen molar-refractivity contribution >= 4 is 13.7 Å². The molecule has 9 heteroatoms. The molecule has 0 fully saturated rings. The second-order valence-corrected chi connectivity index (χ2v) is 12.3. The lowest BCUT2D eigenvalue weighted by Gasteiger charge is -2.19. The Morgan fingerprint density at radius 3 is 1.51 bits per heavy atom. The quantitative estimate of drug-likeness (QED) is 0.0631. The van der Waals surface area contributed by atoms with Gasteiger partial charge in [0.05, 0.1) is 25.9 Å². The predicted molar refractivity (Wildman–Crippen MR) is 160 cm³/mol. The molecule has 234 valence electrons. The van der Waals surface area contributed by atoms with Gasteiger partial charge in [-0.25, -0.2) is 4.57 Å². The highest BCUT2D eigenvalue weighted by Crippen LogP contribution is 2.42. The third-order valence-corrected chi connectivity index (χ3v) is 7.87. The molecule has 39 heavy (non-hydrogen) atoms. The maximum atomic E-state index is 11.4. The van der Waals surface area contributed by atoms with E-state index in [9.17, 15) is 14.3 Å². The summed E-state index contributed by atoms with van der Waals surface area (Å²) in [6.45, 7) is 6.59. The minimum atomic E-state index is -4.03. The minimum Gasteiger partial charge on any atom is -0.379 e. The summed E-state index contributed by atoms with van der Waals surface area (Å²) in [5, 5.41) is 2.76. The first-order chi connectivity index (χ1) is 18.9. The van der Waals surface area contributed by atoms with Gasteiger partial charge in [-0.2, -0.15) is 0 Å². The summed E-state index contributed by atoms with van der Waals surface area (Å²) in [4.78, 5) is 20.7. The molecule has 1 unspecified atom stereocenters. The topological polar surface area (TPSA) is 103 Å². The van der Waals surface area contributed by atoms with E-state index in [1.807, 2.05) is 0 Å². The predicted octanol–water partition coefficient (Wildman–Crippen LogP) is 8.11. The van der Waals surface area contributed by atoms with Crippen molar-refractivity contribution in [1.29, 1.82) is 0 Å². The first kappa shape index (κ1) is 38.5. The molecule has 0 aliphatic heterocycles. The second-order valence-electron chi connectivity index (χ2n) is 10.7. The van der Waals surface area contributed by atoms with E-state index >= 15 is 0 Å². The van der Waals surface area contributed by atoms with Crippen LogP contribution in [0.3, 0.4) is 0 Å². The lowest BCUT2D eigenvalue weighted by molar-refractivity contribution is -0.120. The van der Waals surface area contributed by atoms with E-state index in [0.717, 1.165) is 58.8 Å². The minimum absolute atomic E-state index is 0.0451. The molecule has 0 bridgehead atoms. The average molecular weight is 580 g/mol. The Labute approximate surface area is 240 Å². The van der Waals surface area contributed by atoms with Crippen molar-refractivity contribution in [3.8, 4) is 0 Å². The van der Waals surface area contributed by atoms with Crippen LogP contribution in [0.25, 0.3) is 0 Å². The van der Waals surface area contributed by atoms with E-state index < -0.39 is 7.82 Å². The van der Waals surface area contributed by atoms with Crippen LogP contribution in [-0.4, -0.2) is 57.0 Å². The zero-order valence-electron chi connectivity index (χ0n) is 25.6. The number of phosphoric ester groups is 1. The maximum absolute atomic E-state index is 11.4. The van der Waals surface area contributed by atoms with Gasteiger partial charge in [-0.3, -0.25) is 13.8 Å². The highest BCUT2D eigenvalue weighted by Gasteiger charge is 2.21. The molecule has 2 N–H and O–H groups in total. The fourth-order valence-corrected chi connectivity index (χ4v) is 5.04. The standard InChI is InChI=1S/C30H62NO7P/c1-4-5-6-7-8-9-10-11-12-13-14-15-18-21-24-36-26-27-37-25-22-19-16-17-20-23-30(31-29(2)32)28-38-39(33,34)35-3/h30H,4-28H2,1-3H3,(H,31,32)(H,33,34)/t30-/m1/s1. The van der Waals surface area contributed by atoms with Crippen LogP contribution in [-0.2, 0) is 27.9 Å². The summed E-state index contributed by atoms with van der Waals surface area (Å²) in [6.07, 6.45) is 25.1. The van der Waals surface area contributed by atoms with E-state index in [-0.39, 0.29) is 18.6 Å². The molecular formula is C30H62NO7P. The van der Waals surface area contributed by atoms with Gasteiger partial charge in [-0.1, -0.05) is 116 Å². The van der Waals surface area contributed by atoms with Crippen molar-refractivity contribution in [2.24, 2.45) is 0 Å². The van der Waals surface area contributed by atoms with E-state index in [1.165, 1.54) is 90.4 Å². The second kappa shape index (κ2) is 29.0. The third kappa shape index (κ3) is 30.3. The summed E-state index contributed by atoms with van der Waals surface area (Å²) in [5.74, 6) is -0.186. The van der Waals surface area contributed by atoms with Gasteiger partial charge in [-0.15, -0.1) is 0 Å². The molecule has 1 amide bonds.